The van der Waals surface area contributed by atoms with Gasteiger partial charge in [0.15, 0.2) is 17.5 Å². The number of hydrogen-bond acceptors (Lipinski definition) is 3. The van der Waals surface area contributed by atoms with E-state index in [1.54, 1.807) is 0 Å². The molecule has 4 heterocycles. The molecule has 4 aromatic heterocycles. The van der Waals surface area contributed by atoms with E-state index < -0.39 is 0 Å². The second-order valence-corrected chi connectivity index (χ2v) is 15.9. The van der Waals surface area contributed by atoms with E-state index in [0.717, 1.165) is 77.4 Å². The lowest BCUT2D eigenvalue weighted by Gasteiger charge is -2.12. The lowest BCUT2D eigenvalue weighted by molar-refractivity contribution is 1.07. The maximum atomic E-state index is 5.01. The molecular weight excluding hydrogens is 769 g/mol. The monoisotopic (exact) mass is 802 g/mol. The maximum Gasteiger partial charge on any atom is 0.164 e. The van der Waals surface area contributed by atoms with E-state index >= 15 is 0 Å². The molecule has 0 bridgehead atoms. The van der Waals surface area contributed by atoms with Gasteiger partial charge in [-0.2, -0.15) is 0 Å². The highest BCUT2D eigenvalue weighted by atomic mass is 15.0. The van der Waals surface area contributed by atoms with Gasteiger partial charge >= 0.3 is 0 Å². The molecule has 292 valence electrons. The van der Waals surface area contributed by atoms with E-state index in [0.29, 0.717) is 17.5 Å². The normalized spacial score (nSPS) is 11.7. The largest absolute Gasteiger partial charge is 0.309 e. The van der Waals surface area contributed by atoms with Crippen LogP contribution in [0.25, 0.3) is 117 Å². The first kappa shape index (κ1) is 35.0. The van der Waals surface area contributed by atoms with Gasteiger partial charge in [0.05, 0.1) is 38.5 Å². The predicted molar refractivity (Wildman–Crippen MR) is 257 cm³/mol. The fourth-order valence-electron chi connectivity index (χ4n) is 9.51. The van der Waals surface area contributed by atoms with Crippen LogP contribution in [0.15, 0.2) is 206 Å². The van der Waals surface area contributed by atoms with Gasteiger partial charge in [0.25, 0.3) is 0 Å². The average molecular weight is 803 g/mol. The van der Waals surface area contributed by atoms with Gasteiger partial charge in [-0.25, -0.2) is 15.0 Å². The molecule has 0 spiro atoms. The van der Waals surface area contributed by atoms with Crippen molar-refractivity contribution in [3.63, 3.8) is 0 Å². The van der Waals surface area contributed by atoms with Crippen LogP contribution >= 0.6 is 0 Å². The minimum absolute atomic E-state index is 0.623. The first-order valence-corrected chi connectivity index (χ1v) is 21.1. The Hall–Kier alpha value is -8.79. The van der Waals surface area contributed by atoms with Gasteiger partial charge in [-0.15, -0.1) is 0 Å². The van der Waals surface area contributed by atoms with Crippen molar-refractivity contribution in [3.05, 3.63) is 218 Å². The second kappa shape index (κ2) is 13.9. The van der Waals surface area contributed by atoms with Crippen molar-refractivity contribution in [1.82, 2.24) is 28.7 Å². The molecule has 6 heteroatoms. The van der Waals surface area contributed by atoms with Crippen molar-refractivity contribution in [1.29, 1.82) is 0 Å². The third-order valence-electron chi connectivity index (χ3n) is 12.3. The fourth-order valence-corrected chi connectivity index (χ4v) is 9.51. The molecule has 0 aliphatic heterocycles. The number of benzene rings is 8. The highest BCUT2D eigenvalue weighted by Crippen LogP contribution is 2.39. The molecule has 0 radical (unpaired) electrons. The molecule has 63 heavy (non-hydrogen) atoms. The molecule has 9 aromatic carbocycles. The van der Waals surface area contributed by atoms with Crippen LogP contribution < -0.4 is 0 Å². The minimum atomic E-state index is 0.623. The average Bonchev–Trinajstić information content (AvgIpc) is 4.00. The van der Waals surface area contributed by atoms with E-state index in [4.69, 9.17) is 15.0 Å². The number of rotatable bonds is 6. The molecular formula is C57H34N6. The summed E-state index contributed by atoms with van der Waals surface area (Å²) in [7, 11) is 0. The van der Waals surface area contributed by atoms with E-state index in [2.05, 4.69) is 165 Å². The minimum Gasteiger partial charge on any atom is -0.309 e. The Balaban J connectivity index is 1.02. The zero-order valence-corrected chi connectivity index (χ0v) is 33.8. The van der Waals surface area contributed by atoms with Crippen LogP contribution in [0.5, 0.6) is 0 Å². The maximum absolute atomic E-state index is 5.01. The molecule has 6 nitrogen and oxygen atoms in total. The molecule has 0 amide bonds. The van der Waals surface area contributed by atoms with E-state index in [9.17, 15) is 0 Å². The summed E-state index contributed by atoms with van der Waals surface area (Å²) in [5.74, 6) is 1.90. The van der Waals surface area contributed by atoms with Crippen LogP contribution in [-0.2, 0) is 0 Å². The molecule has 0 saturated heterocycles. The van der Waals surface area contributed by atoms with Crippen LogP contribution in [-0.4, -0.2) is 28.7 Å². The summed E-state index contributed by atoms with van der Waals surface area (Å²) < 4.78 is 7.12. The highest BCUT2D eigenvalue weighted by Gasteiger charge is 2.20. The molecule has 0 N–H and O–H groups in total. The Morgan fingerprint density at radius 1 is 0.302 bits per heavy atom. The highest BCUT2D eigenvalue weighted by molar-refractivity contribution is 6.14. The van der Waals surface area contributed by atoms with Gasteiger partial charge in [-0.3, -0.25) is 0 Å². The zero-order chi connectivity index (χ0) is 41.4. The van der Waals surface area contributed by atoms with Crippen molar-refractivity contribution < 1.29 is 0 Å². The first-order valence-electron chi connectivity index (χ1n) is 21.1. The SMILES string of the molecule is c1ccc2c(c#1)c1ccccc1n2-c1ccc2c(c1)c1cc(-n3c4ccccc4c4ccccc43)ccc1n2-c1ccc(-c2nc(-c3ccccc3)nc(-c3ccccc3)n2)cc1. The summed E-state index contributed by atoms with van der Waals surface area (Å²) in [6.45, 7) is 0. The van der Waals surface area contributed by atoms with Crippen molar-refractivity contribution in [2.75, 3.05) is 0 Å². The second-order valence-electron chi connectivity index (χ2n) is 15.9. The van der Waals surface area contributed by atoms with Gasteiger partial charge in [0, 0.05) is 60.7 Å². The Bertz CT molecular complexity index is 3560. The van der Waals surface area contributed by atoms with E-state index in [-0.39, 0.29) is 0 Å². The number of aromatic nitrogens is 6. The van der Waals surface area contributed by atoms with Crippen LogP contribution in [0.4, 0.5) is 0 Å². The molecule has 0 saturated carbocycles. The Morgan fingerprint density at radius 3 is 1.24 bits per heavy atom. The first-order chi connectivity index (χ1) is 31.2. The van der Waals surface area contributed by atoms with Crippen molar-refractivity contribution in [3.8, 4) is 51.2 Å². The third kappa shape index (κ3) is 5.51. The Kier molecular flexibility index (Phi) is 7.72. The Labute approximate surface area is 362 Å². The van der Waals surface area contributed by atoms with Crippen LogP contribution in [0.2, 0.25) is 0 Å². The number of nitrogens with zero attached hydrogens (tertiary/aromatic N) is 6. The molecule has 0 unspecified atom stereocenters. The molecule has 0 aliphatic rings. The van der Waals surface area contributed by atoms with Gasteiger partial charge in [0.2, 0.25) is 0 Å². The standard InChI is InChI=1S/C57H34N6/c1-3-15-37(16-4-1)55-58-56(38-17-5-2-6-18-38)60-57(59-55)39-27-29-40(30-28-39)61-53-33-31-41(62-49-23-11-7-19-43(49)44-20-8-12-24-50(44)62)35-47(53)48-36-42(32-34-54(48)61)63-51-25-13-9-21-45(51)46-22-10-14-26-52(46)63/h1-9,11-21,23-36H. The topological polar surface area (TPSA) is 53.5 Å². The summed E-state index contributed by atoms with van der Waals surface area (Å²) in [6.07, 6.45) is 0. The molecule has 0 atom stereocenters. The molecule has 0 fully saturated rings. The summed E-state index contributed by atoms with van der Waals surface area (Å²) in [4.78, 5) is 14.9. The lowest BCUT2D eigenvalue weighted by Crippen LogP contribution is -2.00. The smallest absolute Gasteiger partial charge is 0.164 e. The molecule has 13 aromatic rings. The van der Waals surface area contributed by atoms with Crippen LogP contribution in [0.1, 0.15) is 0 Å². The van der Waals surface area contributed by atoms with E-state index in [1.807, 2.05) is 66.7 Å². The lowest BCUT2D eigenvalue weighted by atomic mass is 10.1. The number of fused-ring (bicyclic) bond motifs is 9. The molecule has 0 aliphatic carbocycles. The summed E-state index contributed by atoms with van der Waals surface area (Å²) in [5, 5.41) is 7.02. The van der Waals surface area contributed by atoms with Gasteiger partial charge in [-0.1, -0.05) is 127 Å². The van der Waals surface area contributed by atoms with Gasteiger partial charge in [-0.05, 0) is 91.0 Å². The quantitative estimate of drug-likeness (QED) is 0.168. The number of para-hydroxylation sites is 3. The van der Waals surface area contributed by atoms with E-state index in [1.165, 1.54) is 21.8 Å². The summed E-state index contributed by atoms with van der Waals surface area (Å²) >= 11 is 0. The van der Waals surface area contributed by atoms with Crippen LogP contribution in [0, 0.1) is 12.1 Å². The number of hydrogen-bond donors (Lipinski definition) is 0. The fraction of sp³-hybridized carbons (Fsp3) is 0. The van der Waals surface area contributed by atoms with Gasteiger partial charge < -0.3 is 13.7 Å². The van der Waals surface area contributed by atoms with Crippen molar-refractivity contribution in [2.24, 2.45) is 0 Å². The van der Waals surface area contributed by atoms with Gasteiger partial charge in [0.1, 0.15) is 0 Å². The third-order valence-corrected chi connectivity index (χ3v) is 12.3. The van der Waals surface area contributed by atoms with Crippen molar-refractivity contribution in [2.45, 2.75) is 0 Å². The van der Waals surface area contributed by atoms with Crippen LogP contribution in [0.3, 0.4) is 0 Å². The zero-order valence-electron chi connectivity index (χ0n) is 33.8. The van der Waals surface area contributed by atoms with Crippen molar-refractivity contribution >= 4 is 65.4 Å². The summed E-state index contributed by atoms with van der Waals surface area (Å²) in [5.41, 5.74) is 12.9. The molecule has 13 rings (SSSR count). The summed E-state index contributed by atoms with van der Waals surface area (Å²) in [6, 6.07) is 79.2. The predicted octanol–water partition coefficient (Wildman–Crippen LogP) is 13.8. The Morgan fingerprint density at radius 2 is 0.698 bits per heavy atom.